The number of hydrogen-bond donors (Lipinski definition) is 1. The monoisotopic (exact) mass is 653 g/mol. The Labute approximate surface area is 262 Å². The number of hydrogen-bond acceptors (Lipinski definition) is 5. The van der Waals surface area contributed by atoms with E-state index in [2.05, 4.69) is 5.32 Å². The maximum absolute atomic E-state index is 14.1. The molecule has 0 aromatic heterocycles. The van der Waals surface area contributed by atoms with Gasteiger partial charge in [-0.1, -0.05) is 58.6 Å². The lowest BCUT2D eigenvalue weighted by Crippen LogP contribution is -2.54. The Kier molecular flexibility index (Phi) is 10.8. The van der Waals surface area contributed by atoms with Crippen molar-refractivity contribution in [3.63, 3.8) is 0 Å². The van der Waals surface area contributed by atoms with Gasteiger partial charge in [0.05, 0.1) is 17.7 Å². The van der Waals surface area contributed by atoms with Crippen molar-refractivity contribution in [2.75, 3.05) is 18.0 Å². The first-order valence-electron chi connectivity index (χ1n) is 13.0. The molecular weight excluding hydrogens is 621 g/mol. The zero-order valence-corrected chi connectivity index (χ0v) is 27.3. The van der Waals surface area contributed by atoms with Gasteiger partial charge in [0.15, 0.2) is 0 Å². The van der Waals surface area contributed by atoms with Crippen molar-refractivity contribution in [3.8, 4) is 5.75 Å². The first-order valence-corrected chi connectivity index (χ1v) is 15.6. The molecule has 12 heteroatoms. The Hall–Kier alpha value is -2.98. The molecule has 2 amide bonds. The number of sulfonamides is 1. The summed E-state index contributed by atoms with van der Waals surface area (Å²) in [6, 6.07) is 14.5. The Morgan fingerprint density at radius 3 is 2.12 bits per heavy atom. The highest BCUT2D eigenvalue weighted by atomic mass is 35.5. The van der Waals surface area contributed by atoms with Crippen LogP contribution in [0.15, 0.2) is 65.6 Å². The summed E-state index contributed by atoms with van der Waals surface area (Å²) < 4.78 is 34.5. The molecule has 0 saturated heterocycles. The number of nitrogens with one attached hydrogen (secondary N) is 1. The van der Waals surface area contributed by atoms with Crippen LogP contribution in [0.25, 0.3) is 0 Å². The standard InChI is InChI=1S/C30H34Cl3N3O5S/c1-19-7-12-24(13-8-19)42(39,40)36(26-16-23(32)11-14-27(26)41-6)18-28(37)35(20(2)29(38)34-30(3,4)5)17-21-9-10-22(31)15-25(21)33/h7-16,20H,17-18H2,1-6H3,(H,34,38)/t20-/m1/s1. The van der Waals surface area contributed by atoms with Gasteiger partial charge in [0.2, 0.25) is 11.8 Å². The van der Waals surface area contributed by atoms with Crippen LogP contribution in [0, 0.1) is 6.92 Å². The van der Waals surface area contributed by atoms with Gasteiger partial charge >= 0.3 is 0 Å². The number of halogens is 3. The van der Waals surface area contributed by atoms with Crippen molar-refractivity contribution in [3.05, 3.63) is 86.9 Å². The topological polar surface area (TPSA) is 96.0 Å². The number of rotatable bonds is 10. The first kappa shape index (κ1) is 33.5. The molecule has 1 N–H and O–H groups in total. The second-order valence-electron chi connectivity index (χ2n) is 10.8. The van der Waals surface area contributed by atoms with E-state index in [0.29, 0.717) is 15.6 Å². The van der Waals surface area contributed by atoms with E-state index in [4.69, 9.17) is 39.5 Å². The lowest BCUT2D eigenvalue weighted by atomic mass is 10.1. The summed E-state index contributed by atoms with van der Waals surface area (Å²) in [4.78, 5) is 28.6. The SMILES string of the molecule is COc1ccc(Cl)cc1N(CC(=O)N(Cc1ccc(Cl)cc1Cl)[C@H](C)C(=O)NC(C)(C)C)S(=O)(=O)c1ccc(C)cc1. The second kappa shape index (κ2) is 13.5. The normalized spacial score (nSPS) is 12.4. The highest BCUT2D eigenvalue weighted by Gasteiger charge is 2.35. The number of carbonyl (C=O) groups excluding carboxylic acids is 2. The molecule has 0 bridgehead atoms. The molecule has 3 aromatic rings. The third-order valence-electron chi connectivity index (χ3n) is 6.32. The van der Waals surface area contributed by atoms with Crippen LogP contribution in [0.1, 0.15) is 38.8 Å². The number of benzene rings is 3. The van der Waals surface area contributed by atoms with E-state index in [1.165, 1.54) is 42.3 Å². The molecule has 0 saturated carbocycles. The van der Waals surface area contributed by atoms with Gasteiger partial charge in [-0.05, 0) is 82.6 Å². The first-order chi connectivity index (χ1) is 19.5. The van der Waals surface area contributed by atoms with Crippen LogP contribution in [0.3, 0.4) is 0 Å². The Bertz CT molecular complexity index is 1560. The van der Waals surface area contributed by atoms with Crippen LogP contribution in [0.5, 0.6) is 5.75 Å². The molecule has 42 heavy (non-hydrogen) atoms. The number of amides is 2. The molecule has 0 radical (unpaired) electrons. The Morgan fingerprint density at radius 1 is 0.952 bits per heavy atom. The van der Waals surface area contributed by atoms with Crippen LogP contribution < -0.4 is 14.4 Å². The van der Waals surface area contributed by atoms with Gasteiger partial charge in [0, 0.05) is 27.2 Å². The van der Waals surface area contributed by atoms with Crippen molar-refractivity contribution in [2.24, 2.45) is 0 Å². The van der Waals surface area contributed by atoms with Crippen molar-refractivity contribution >= 4 is 62.3 Å². The number of aryl methyl sites for hydroxylation is 1. The van der Waals surface area contributed by atoms with Gasteiger partial charge < -0.3 is 15.0 Å². The summed E-state index contributed by atoms with van der Waals surface area (Å²) in [5, 5.41) is 3.82. The Balaban J connectivity index is 2.13. The van der Waals surface area contributed by atoms with Crippen LogP contribution in [-0.4, -0.2) is 50.4 Å². The summed E-state index contributed by atoms with van der Waals surface area (Å²) in [5.74, 6) is -0.891. The zero-order chi connectivity index (χ0) is 31.4. The van der Waals surface area contributed by atoms with E-state index in [9.17, 15) is 18.0 Å². The lowest BCUT2D eigenvalue weighted by molar-refractivity contribution is -0.140. The van der Waals surface area contributed by atoms with E-state index < -0.39 is 40.0 Å². The average Bonchev–Trinajstić information content (AvgIpc) is 2.90. The molecule has 3 aromatic carbocycles. The smallest absolute Gasteiger partial charge is 0.264 e. The molecule has 0 spiro atoms. The summed E-state index contributed by atoms with van der Waals surface area (Å²) in [5.41, 5.74) is 0.877. The van der Waals surface area contributed by atoms with E-state index >= 15 is 0 Å². The van der Waals surface area contributed by atoms with Crippen LogP contribution in [0.4, 0.5) is 5.69 Å². The van der Waals surface area contributed by atoms with Crippen LogP contribution in [0.2, 0.25) is 15.1 Å². The summed E-state index contributed by atoms with van der Waals surface area (Å²) in [6.07, 6.45) is 0. The fourth-order valence-electron chi connectivity index (χ4n) is 4.10. The molecule has 0 aliphatic carbocycles. The number of carbonyl (C=O) groups is 2. The molecule has 0 unspecified atom stereocenters. The van der Waals surface area contributed by atoms with Crippen molar-refractivity contribution < 1.29 is 22.7 Å². The van der Waals surface area contributed by atoms with E-state index in [-0.39, 0.29) is 27.9 Å². The fourth-order valence-corrected chi connectivity index (χ4v) is 6.15. The molecule has 0 fully saturated rings. The summed E-state index contributed by atoms with van der Waals surface area (Å²) in [7, 11) is -2.92. The summed E-state index contributed by atoms with van der Waals surface area (Å²) >= 11 is 18.8. The number of anilines is 1. The van der Waals surface area contributed by atoms with Crippen molar-refractivity contribution in [1.82, 2.24) is 10.2 Å². The predicted octanol–water partition coefficient (Wildman–Crippen LogP) is 6.49. The van der Waals surface area contributed by atoms with E-state index in [1.54, 1.807) is 37.3 Å². The van der Waals surface area contributed by atoms with Gasteiger partial charge in [0.1, 0.15) is 18.3 Å². The Morgan fingerprint density at radius 2 is 1.55 bits per heavy atom. The average molecular weight is 655 g/mol. The minimum Gasteiger partial charge on any atom is -0.495 e. The second-order valence-corrected chi connectivity index (χ2v) is 14.0. The van der Waals surface area contributed by atoms with Crippen molar-refractivity contribution in [1.29, 1.82) is 0 Å². The third-order valence-corrected chi connectivity index (χ3v) is 8.91. The molecule has 226 valence electrons. The molecule has 8 nitrogen and oxygen atoms in total. The van der Waals surface area contributed by atoms with Crippen LogP contribution >= 0.6 is 34.8 Å². The number of ether oxygens (including phenoxy) is 1. The minimum atomic E-state index is -4.31. The van der Waals surface area contributed by atoms with E-state index in [0.717, 1.165) is 9.87 Å². The van der Waals surface area contributed by atoms with Gasteiger partial charge in [0.25, 0.3) is 10.0 Å². The maximum Gasteiger partial charge on any atom is 0.264 e. The number of methoxy groups -OCH3 is 1. The van der Waals surface area contributed by atoms with Gasteiger partial charge in [-0.2, -0.15) is 0 Å². The highest BCUT2D eigenvalue weighted by Crippen LogP contribution is 2.35. The third kappa shape index (κ3) is 8.31. The van der Waals surface area contributed by atoms with E-state index in [1.807, 2.05) is 27.7 Å². The zero-order valence-electron chi connectivity index (χ0n) is 24.2. The quantitative estimate of drug-likeness (QED) is 0.270. The minimum absolute atomic E-state index is 0.0336. The molecule has 0 aliphatic heterocycles. The van der Waals surface area contributed by atoms with Crippen molar-refractivity contribution in [2.45, 2.75) is 57.6 Å². The van der Waals surface area contributed by atoms with Gasteiger partial charge in [-0.3, -0.25) is 13.9 Å². The van der Waals surface area contributed by atoms with Gasteiger partial charge in [-0.25, -0.2) is 8.42 Å². The van der Waals surface area contributed by atoms with Gasteiger partial charge in [-0.15, -0.1) is 0 Å². The molecule has 0 heterocycles. The molecule has 3 rings (SSSR count). The fraction of sp³-hybridized carbons (Fsp3) is 0.333. The molecular formula is C30H34Cl3N3O5S. The lowest BCUT2D eigenvalue weighted by Gasteiger charge is -2.34. The highest BCUT2D eigenvalue weighted by molar-refractivity contribution is 7.92. The largest absolute Gasteiger partial charge is 0.495 e. The molecule has 1 atom stereocenters. The molecule has 0 aliphatic rings. The predicted molar refractivity (Wildman–Crippen MR) is 168 cm³/mol. The number of nitrogens with zero attached hydrogens (tertiary/aromatic N) is 2. The summed E-state index contributed by atoms with van der Waals surface area (Å²) in [6.45, 7) is 8.12. The van der Waals surface area contributed by atoms with Crippen LogP contribution in [-0.2, 0) is 26.2 Å². The maximum atomic E-state index is 14.1.